The standard InChI is InChI=1S/C22H23ClN4O5/c1-14-20(15-5-3-2-4-6-15)32-22(29)26(14)17-9-11-25(12-10-17)21(28)24-16-7-8-18(23)19(13-16)27(30)31/h2-8,13-14,17,20H,9-12H2,1H3,(H,24,28). The predicted molar refractivity (Wildman–Crippen MR) is 119 cm³/mol. The van der Waals surface area contributed by atoms with E-state index >= 15 is 0 Å². The van der Waals surface area contributed by atoms with E-state index in [4.69, 9.17) is 16.3 Å². The van der Waals surface area contributed by atoms with Crippen molar-refractivity contribution in [2.24, 2.45) is 0 Å². The van der Waals surface area contributed by atoms with E-state index in [1.54, 1.807) is 9.80 Å². The van der Waals surface area contributed by atoms with E-state index in [0.29, 0.717) is 31.6 Å². The first-order chi connectivity index (χ1) is 15.3. The average Bonchev–Trinajstić information content (AvgIpc) is 3.09. The third-order valence-corrected chi connectivity index (χ3v) is 6.30. The second-order valence-electron chi connectivity index (χ2n) is 7.93. The average molecular weight is 459 g/mol. The molecule has 0 spiro atoms. The zero-order chi connectivity index (χ0) is 22.8. The highest BCUT2D eigenvalue weighted by atomic mass is 35.5. The SMILES string of the molecule is CC1C(c2ccccc2)OC(=O)N1C1CCN(C(=O)Nc2ccc(Cl)c([N+](=O)[O-])c2)CC1. The maximum atomic E-state index is 12.6. The van der Waals surface area contributed by atoms with E-state index in [9.17, 15) is 19.7 Å². The topological polar surface area (TPSA) is 105 Å². The molecule has 0 aromatic heterocycles. The summed E-state index contributed by atoms with van der Waals surface area (Å²) in [7, 11) is 0. The first kappa shape index (κ1) is 21.9. The van der Waals surface area contributed by atoms with Crippen molar-refractivity contribution < 1.29 is 19.2 Å². The van der Waals surface area contributed by atoms with Gasteiger partial charge in [0.25, 0.3) is 5.69 Å². The van der Waals surface area contributed by atoms with Gasteiger partial charge in [0.2, 0.25) is 0 Å². The number of hydrogen-bond acceptors (Lipinski definition) is 5. The van der Waals surface area contributed by atoms with E-state index in [1.165, 1.54) is 18.2 Å². The summed E-state index contributed by atoms with van der Waals surface area (Å²) in [6.45, 7) is 2.90. The number of anilines is 1. The van der Waals surface area contributed by atoms with Crippen molar-refractivity contribution in [1.82, 2.24) is 9.80 Å². The summed E-state index contributed by atoms with van der Waals surface area (Å²) in [6.07, 6.45) is 0.595. The maximum Gasteiger partial charge on any atom is 0.411 e. The van der Waals surface area contributed by atoms with Gasteiger partial charge < -0.3 is 15.0 Å². The summed E-state index contributed by atoms with van der Waals surface area (Å²) in [5, 5.41) is 13.7. The van der Waals surface area contributed by atoms with Crippen LogP contribution in [-0.2, 0) is 4.74 Å². The molecule has 3 amide bonds. The number of rotatable bonds is 4. The molecule has 2 heterocycles. The Balaban J connectivity index is 1.36. The molecule has 2 aliphatic heterocycles. The van der Waals surface area contributed by atoms with Gasteiger partial charge in [-0.25, -0.2) is 9.59 Å². The van der Waals surface area contributed by atoms with Crippen LogP contribution in [0.5, 0.6) is 0 Å². The number of amides is 3. The molecule has 2 aromatic rings. The molecular formula is C22H23ClN4O5. The number of carbonyl (C=O) groups is 2. The van der Waals surface area contributed by atoms with Crippen LogP contribution < -0.4 is 5.32 Å². The Morgan fingerprint density at radius 1 is 1.19 bits per heavy atom. The van der Waals surface area contributed by atoms with Gasteiger partial charge in [0, 0.05) is 30.9 Å². The smallest absolute Gasteiger partial charge is 0.411 e. The number of carbonyl (C=O) groups excluding carboxylic acids is 2. The molecule has 1 N–H and O–H groups in total. The number of nitrogens with zero attached hydrogens (tertiary/aromatic N) is 3. The van der Waals surface area contributed by atoms with Crippen molar-refractivity contribution >= 4 is 35.1 Å². The van der Waals surface area contributed by atoms with E-state index in [1.807, 2.05) is 37.3 Å². The number of nitro groups is 1. The number of hydrogen-bond donors (Lipinski definition) is 1. The lowest BCUT2D eigenvalue weighted by Gasteiger charge is -2.37. The van der Waals surface area contributed by atoms with Crippen LogP contribution in [-0.4, -0.2) is 52.0 Å². The normalized spacial score (nSPS) is 21.4. The highest BCUT2D eigenvalue weighted by molar-refractivity contribution is 6.32. The third-order valence-electron chi connectivity index (χ3n) is 5.98. The molecule has 2 fully saturated rings. The number of urea groups is 1. The fraction of sp³-hybridized carbons (Fsp3) is 0.364. The summed E-state index contributed by atoms with van der Waals surface area (Å²) in [5.41, 5.74) is 0.998. The number of halogens is 1. The number of nitro benzene ring substituents is 1. The molecule has 0 saturated carbocycles. The Morgan fingerprint density at radius 2 is 1.88 bits per heavy atom. The van der Waals surface area contributed by atoms with Crippen LogP contribution >= 0.6 is 11.6 Å². The molecule has 32 heavy (non-hydrogen) atoms. The van der Waals surface area contributed by atoms with Crippen molar-refractivity contribution in [2.75, 3.05) is 18.4 Å². The minimum absolute atomic E-state index is 0.00855. The molecule has 2 saturated heterocycles. The number of cyclic esters (lactones) is 1. The number of benzene rings is 2. The minimum Gasteiger partial charge on any atom is -0.439 e. The summed E-state index contributed by atoms with van der Waals surface area (Å²) in [4.78, 5) is 39.1. The van der Waals surface area contributed by atoms with Crippen molar-refractivity contribution in [3.63, 3.8) is 0 Å². The Kier molecular flexibility index (Phi) is 6.18. The van der Waals surface area contributed by atoms with Gasteiger partial charge in [-0.2, -0.15) is 0 Å². The quantitative estimate of drug-likeness (QED) is 0.522. The largest absolute Gasteiger partial charge is 0.439 e. The first-order valence-corrected chi connectivity index (χ1v) is 10.8. The lowest BCUT2D eigenvalue weighted by Crippen LogP contribution is -2.50. The van der Waals surface area contributed by atoms with Gasteiger partial charge in [0.1, 0.15) is 11.1 Å². The van der Waals surface area contributed by atoms with Crippen LogP contribution in [0.2, 0.25) is 5.02 Å². The van der Waals surface area contributed by atoms with E-state index in [2.05, 4.69) is 5.32 Å². The molecular weight excluding hydrogens is 436 g/mol. The Bertz CT molecular complexity index is 1030. The van der Waals surface area contributed by atoms with E-state index < -0.39 is 4.92 Å². The zero-order valence-electron chi connectivity index (χ0n) is 17.4. The van der Waals surface area contributed by atoms with Crippen LogP contribution in [0.1, 0.15) is 31.4 Å². The van der Waals surface area contributed by atoms with E-state index in [-0.39, 0.29) is 41.0 Å². The van der Waals surface area contributed by atoms with Crippen LogP contribution in [0.4, 0.5) is 21.0 Å². The number of ether oxygens (including phenoxy) is 1. The number of nitrogens with one attached hydrogen (secondary N) is 1. The fourth-order valence-corrected chi connectivity index (χ4v) is 4.52. The van der Waals surface area contributed by atoms with Crippen LogP contribution in [0.25, 0.3) is 0 Å². The number of piperidine rings is 1. The van der Waals surface area contributed by atoms with Gasteiger partial charge in [-0.1, -0.05) is 41.9 Å². The van der Waals surface area contributed by atoms with Crippen molar-refractivity contribution in [2.45, 2.75) is 38.0 Å². The second kappa shape index (κ2) is 9.04. The van der Waals surface area contributed by atoms with Gasteiger partial charge in [-0.15, -0.1) is 0 Å². The van der Waals surface area contributed by atoms with Crippen molar-refractivity contribution in [1.29, 1.82) is 0 Å². The lowest BCUT2D eigenvalue weighted by atomic mass is 9.98. The van der Waals surface area contributed by atoms with Gasteiger partial charge in [0.15, 0.2) is 0 Å². The van der Waals surface area contributed by atoms with Crippen LogP contribution in [0.15, 0.2) is 48.5 Å². The molecule has 2 aliphatic rings. The predicted octanol–water partition coefficient (Wildman–Crippen LogP) is 4.83. The number of likely N-dealkylation sites (tertiary alicyclic amines) is 1. The summed E-state index contributed by atoms with van der Waals surface area (Å²) >= 11 is 5.82. The molecule has 0 aliphatic carbocycles. The molecule has 2 atom stereocenters. The van der Waals surface area contributed by atoms with Gasteiger partial charge in [0.05, 0.1) is 11.0 Å². The Morgan fingerprint density at radius 3 is 2.53 bits per heavy atom. The summed E-state index contributed by atoms with van der Waals surface area (Å²) in [6, 6.07) is 13.3. The van der Waals surface area contributed by atoms with Gasteiger partial charge in [-0.3, -0.25) is 15.0 Å². The molecule has 168 valence electrons. The van der Waals surface area contributed by atoms with E-state index in [0.717, 1.165) is 5.56 Å². The second-order valence-corrected chi connectivity index (χ2v) is 8.34. The first-order valence-electron chi connectivity index (χ1n) is 10.4. The molecule has 9 nitrogen and oxygen atoms in total. The molecule has 2 unspecified atom stereocenters. The Labute approximate surface area is 190 Å². The highest BCUT2D eigenvalue weighted by Crippen LogP contribution is 2.36. The van der Waals surface area contributed by atoms with Crippen molar-refractivity contribution in [3.8, 4) is 0 Å². The minimum atomic E-state index is -0.595. The summed E-state index contributed by atoms with van der Waals surface area (Å²) in [5.74, 6) is 0. The van der Waals surface area contributed by atoms with Crippen LogP contribution in [0.3, 0.4) is 0 Å². The van der Waals surface area contributed by atoms with Gasteiger partial charge >= 0.3 is 12.1 Å². The molecule has 2 aromatic carbocycles. The van der Waals surface area contributed by atoms with Crippen molar-refractivity contribution in [3.05, 3.63) is 69.2 Å². The monoisotopic (exact) mass is 458 g/mol. The molecule has 0 radical (unpaired) electrons. The summed E-state index contributed by atoms with van der Waals surface area (Å²) < 4.78 is 5.65. The fourth-order valence-electron chi connectivity index (χ4n) is 4.33. The zero-order valence-corrected chi connectivity index (χ0v) is 18.2. The highest BCUT2D eigenvalue weighted by Gasteiger charge is 2.44. The van der Waals surface area contributed by atoms with Gasteiger partial charge in [-0.05, 0) is 37.5 Å². The van der Waals surface area contributed by atoms with Crippen LogP contribution in [0, 0.1) is 10.1 Å². The molecule has 0 bridgehead atoms. The molecule has 4 rings (SSSR count). The lowest BCUT2D eigenvalue weighted by molar-refractivity contribution is -0.384. The molecule has 10 heteroatoms. The third kappa shape index (κ3) is 4.34. The maximum absolute atomic E-state index is 12.6. The Hall–Kier alpha value is -3.33.